The fraction of sp³-hybridized carbons (Fsp3) is 0.600. The normalized spacial score (nSPS) is 14.6. The molecule has 1 atom stereocenters. The highest BCUT2D eigenvalue weighted by molar-refractivity contribution is 5.51. The van der Waals surface area contributed by atoms with E-state index < -0.39 is 0 Å². The molecule has 0 aliphatic rings. The number of para-hydroxylation sites is 1. The minimum absolute atomic E-state index is 0.0504. The largest absolute Gasteiger partial charge is 0.396 e. The van der Waals surface area contributed by atoms with E-state index in [0.29, 0.717) is 0 Å². The van der Waals surface area contributed by atoms with E-state index in [9.17, 15) is 5.11 Å². The van der Waals surface area contributed by atoms with Crippen LogP contribution in [-0.2, 0) is 6.54 Å². The molecule has 1 unspecified atom stereocenters. The lowest BCUT2D eigenvalue weighted by molar-refractivity contribution is 0.149. The first kappa shape index (κ1) is 15.0. The van der Waals surface area contributed by atoms with Crippen molar-refractivity contribution in [2.45, 2.75) is 26.8 Å². The van der Waals surface area contributed by atoms with Crippen LogP contribution in [-0.4, -0.2) is 37.3 Å². The fourth-order valence-corrected chi connectivity index (χ4v) is 1.77. The topological polar surface area (TPSA) is 35.5 Å². The third kappa shape index (κ3) is 4.31. The second-order valence-corrected chi connectivity index (χ2v) is 5.57. The van der Waals surface area contributed by atoms with E-state index in [1.807, 2.05) is 6.07 Å². The van der Waals surface area contributed by atoms with E-state index in [0.717, 1.165) is 19.5 Å². The molecule has 1 aromatic rings. The second kappa shape index (κ2) is 6.76. The van der Waals surface area contributed by atoms with Crippen LogP contribution >= 0.6 is 0 Å². The van der Waals surface area contributed by atoms with Crippen molar-refractivity contribution >= 4 is 5.69 Å². The number of benzene rings is 1. The van der Waals surface area contributed by atoms with Gasteiger partial charge in [-0.25, -0.2) is 0 Å². The van der Waals surface area contributed by atoms with Crippen molar-refractivity contribution in [3.8, 4) is 0 Å². The molecular weight excluding hydrogens is 224 g/mol. The smallest absolute Gasteiger partial charge is 0.0501 e. The van der Waals surface area contributed by atoms with Gasteiger partial charge in [-0.05, 0) is 32.1 Å². The molecule has 0 amide bonds. The van der Waals surface area contributed by atoms with E-state index in [1.54, 1.807) is 0 Å². The van der Waals surface area contributed by atoms with Gasteiger partial charge in [0.2, 0.25) is 0 Å². The van der Waals surface area contributed by atoms with Gasteiger partial charge in [0.25, 0.3) is 0 Å². The van der Waals surface area contributed by atoms with Crippen molar-refractivity contribution in [1.82, 2.24) is 4.90 Å². The van der Waals surface area contributed by atoms with Gasteiger partial charge < -0.3 is 15.3 Å². The van der Waals surface area contributed by atoms with E-state index in [-0.39, 0.29) is 12.0 Å². The predicted octanol–water partition coefficient (Wildman–Crippen LogP) is 2.57. The van der Waals surface area contributed by atoms with Gasteiger partial charge >= 0.3 is 0 Å². The summed E-state index contributed by atoms with van der Waals surface area (Å²) >= 11 is 0. The molecule has 1 rings (SSSR count). The van der Waals surface area contributed by atoms with Gasteiger partial charge in [0, 0.05) is 24.2 Å². The summed E-state index contributed by atoms with van der Waals surface area (Å²) in [5.74, 6) is 0. The Morgan fingerprint density at radius 1 is 1.28 bits per heavy atom. The van der Waals surface area contributed by atoms with Crippen molar-refractivity contribution in [3.05, 3.63) is 29.8 Å². The van der Waals surface area contributed by atoms with E-state index in [4.69, 9.17) is 0 Å². The van der Waals surface area contributed by atoms with E-state index in [2.05, 4.69) is 56.4 Å². The molecular formula is C15H26N2O. The van der Waals surface area contributed by atoms with Crippen LogP contribution in [0.3, 0.4) is 0 Å². The Morgan fingerprint density at radius 3 is 2.50 bits per heavy atom. The number of anilines is 1. The summed E-state index contributed by atoms with van der Waals surface area (Å²) in [6.07, 6.45) is 0.965. The van der Waals surface area contributed by atoms with Gasteiger partial charge in [0.15, 0.2) is 0 Å². The van der Waals surface area contributed by atoms with Crippen LogP contribution in [0.15, 0.2) is 24.3 Å². The second-order valence-electron chi connectivity index (χ2n) is 5.57. The minimum Gasteiger partial charge on any atom is -0.396 e. The maximum Gasteiger partial charge on any atom is 0.0501 e. The molecule has 0 radical (unpaired) electrons. The van der Waals surface area contributed by atoms with Crippen molar-refractivity contribution in [1.29, 1.82) is 0 Å². The number of hydrogen-bond acceptors (Lipinski definition) is 3. The molecule has 0 saturated heterocycles. The monoisotopic (exact) mass is 250 g/mol. The standard InChI is InChI=1S/C15H26N2O/c1-5-15(2,12-18)11-16-14-9-7-6-8-13(14)10-17(3)4/h6-9,16,18H,5,10-12H2,1-4H3. The summed E-state index contributed by atoms with van der Waals surface area (Å²) in [6, 6.07) is 8.36. The van der Waals surface area contributed by atoms with Gasteiger partial charge in [0.1, 0.15) is 0 Å². The van der Waals surface area contributed by atoms with Crippen LogP contribution in [0.2, 0.25) is 0 Å². The highest BCUT2D eigenvalue weighted by atomic mass is 16.3. The zero-order chi connectivity index (χ0) is 13.6. The van der Waals surface area contributed by atoms with Crippen LogP contribution in [0.25, 0.3) is 0 Å². The van der Waals surface area contributed by atoms with Crippen LogP contribution in [0.1, 0.15) is 25.8 Å². The number of rotatable bonds is 7. The van der Waals surface area contributed by atoms with Crippen molar-refractivity contribution in [2.75, 3.05) is 32.6 Å². The van der Waals surface area contributed by atoms with Crippen LogP contribution in [0.5, 0.6) is 0 Å². The molecule has 0 aliphatic carbocycles. The van der Waals surface area contributed by atoms with Gasteiger partial charge in [-0.2, -0.15) is 0 Å². The first-order valence-electron chi connectivity index (χ1n) is 6.58. The highest BCUT2D eigenvalue weighted by Crippen LogP contribution is 2.23. The number of aliphatic hydroxyl groups excluding tert-OH is 1. The molecule has 2 N–H and O–H groups in total. The van der Waals surface area contributed by atoms with Gasteiger partial charge in [-0.3, -0.25) is 0 Å². The summed E-state index contributed by atoms with van der Waals surface area (Å²) in [7, 11) is 4.14. The van der Waals surface area contributed by atoms with Crippen molar-refractivity contribution < 1.29 is 5.11 Å². The average molecular weight is 250 g/mol. The molecule has 0 fully saturated rings. The third-order valence-corrected chi connectivity index (χ3v) is 3.44. The maximum atomic E-state index is 9.43. The molecule has 3 heteroatoms. The molecule has 0 bridgehead atoms. The van der Waals surface area contributed by atoms with Crippen molar-refractivity contribution in [3.63, 3.8) is 0 Å². The predicted molar refractivity (Wildman–Crippen MR) is 77.8 cm³/mol. The van der Waals surface area contributed by atoms with Crippen LogP contribution in [0.4, 0.5) is 5.69 Å². The molecule has 0 saturated carbocycles. The number of nitrogens with zero attached hydrogens (tertiary/aromatic N) is 1. The van der Waals surface area contributed by atoms with Crippen LogP contribution < -0.4 is 5.32 Å². The lowest BCUT2D eigenvalue weighted by Crippen LogP contribution is -2.30. The SMILES string of the molecule is CCC(C)(CO)CNc1ccccc1CN(C)C. The van der Waals surface area contributed by atoms with Gasteiger partial charge in [0.05, 0.1) is 6.61 Å². The Labute approximate surface area is 111 Å². The lowest BCUT2D eigenvalue weighted by atomic mass is 9.88. The van der Waals surface area contributed by atoms with E-state index >= 15 is 0 Å². The maximum absolute atomic E-state index is 9.43. The Kier molecular flexibility index (Phi) is 5.63. The van der Waals surface area contributed by atoms with Crippen molar-refractivity contribution in [2.24, 2.45) is 5.41 Å². The average Bonchev–Trinajstić information content (AvgIpc) is 2.37. The highest BCUT2D eigenvalue weighted by Gasteiger charge is 2.20. The Morgan fingerprint density at radius 2 is 1.94 bits per heavy atom. The molecule has 1 aromatic carbocycles. The molecule has 0 aromatic heterocycles. The van der Waals surface area contributed by atoms with Gasteiger partial charge in [-0.15, -0.1) is 0 Å². The molecule has 18 heavy (non-hydrogen) atoms. The molecule has 0 heterocycles. The number of hydrogen-bond donors (Lipinski definition) is 2. The van der Waals surface area contributed by atoms with Gasteiger partial charge in [-0.1, -0.05) is 32.0 Å². The molecule has 102 valence electrons. The lowest BCUT2D eigenvalue weighted by Gasteiger charge is -2.27. The molecule has 0 aliphatic heterocycles. The quantitative estimate of drug-likeness (QED) is 0.780. The Balaban J connectivity index is 2.72. The van der Waals surface area contributed by atoms with Crippen LogP contribution in [0, 0.1) is 5.41 Å². The first-order valence-corrected chi connectivity index (χ1v) is 6.58. The zero-order valence-electron chi connectivity index (χ0n) is 12.0. The Hall–Kier alpha value is -1.06. The molecule has 0 spiro atoms. The summed E-state index contributed by atoms with van der Waals surface area (Å²) < 4.78 is 0. The number of nitrogens with one attached hydrogen (secondary N) is 1. The summed E-state index contributed by atoms with van der Waals surface area (Å²) in [4.78, 5) is 2.16. The Bertz CT molecular complexity index is 359. The first-order chi connectivity index (χ1) is 8.50. The summed E-state index contributed by atoms with van der Waals surface area (Å²) in [5, 5.41) is 12.9. The van der Waals surface area contributed by atoms with E-state index in [1.165, 1.54) is 11.3 Å². The molecule has 3 nitrogen and oxygen atoms in total. The third-order valence-electron chi connectivity index (χ3n) is 3.44. The number of aliphatic hydroxyl groups is 1. The summed E-state index contributed by atoms with van der Waals surface area (Å²) in [5.41, 5.74) is 2.41. The fourth-order valence-electron chi connectivity index (χ4n) is 1.77. The zero-order valence-corrected chi connectivity index (χ0v) is 12.0. The summed E-state index contributed by atoms with van der Waals surface area (Å²) in [6.45, 7) is 6.15. The minimum atomic E-state index is -0.0504.